The predicted octanol–water partition coefficient (Wildman–Crippen LogP) is 4.74. The number of hydrogen-bond donors (Lipinski definition) is 2. The maximum atomic E-state index is 5.74. The van der Waals surface area contributed by atoms with Crippen LogP contribution in [0.1, 0.15) is 57.6 Å². The molecular weight excluding hydrogens is 430 g/mol. The van der Waals surface area contributed by atoms with Gasteiger partial charge in [-0.15, -0.1) is 0 Å². The van der Waals surface area contributed by atoms with Crippen molar-refractivity contribution in [1.82, 2.24) is 15.5 Å². The Hall–Kier alpha value is -2.31. The van der Waals surface area contributed by atoms with Gasteiger partial charge in [0.15, 0.2) is 16.6 Å². The third-order valence-corrected chi connectivity index (χ3v) is 7.59. The van der Waals surface area contributed by atoms with Crippen LogP contribution in [0.3, 0.4) is 0 Å². The minimum atomic E-state index is -0.0400. The second-order valence-corrected chi connectivity index (χ2v) is 11.2. The Labute approximate surface area is 202 Å². The molecular formula is C27H35N3O2S. The molecule has 5 nitrogen and oxygen atoms in total. The lowest BCUT2D eigenvalue weighted by Crippen LogP contribution is -2.55. The summed E-state index contributed by atoms with van der Waals surface area (Å²) >= 11 is 5.65. The lowest BCUT2D eigenvalue weighted by Gasteiger charge is -2.46. The van der Waals surface area contributed by atoms with E-state index >= 15 is 0 Å². The Balaban J connectivity index is 1.40. The van der Waals surface area contributed by atoms with Gasteiger partial charge in [0.25, 0.3) is 0 Å². The third-order valence-electron chi connectivity index (χ3n) is 7.37. The molecule has 176 valence electrons. The first-order valence-electron chi connectivity index (χ1n) is 12.1. The van der Waals surface area contributed by atoms with E-state index in [-0.39, 0.29) is 11.0 Å². The van der Waals surface area contributed by atoms with E-state index in [2.05, 4.69) is 84.8 Å². The largest absolute Gasteiger partial charge is 0.454 e. The van der Waals surface area contributed by atoms with Crippen LogP contribution in [0.5, 0.6) is 11.5 Å². The number of likely N-dealkylation sites (tertiary alicyclic amines) is 1. The van der Waals surface area contributed by atoms with Gasteiger partial charge >= 0.3 is 0 Å². The highest BCUT2D eigenvalue weighted by atomic mass is 32.1. The summed E-state index contributed by atoms with van der Waals surface area (Å²) in [4.78, 5) is 2.69. The standard InChI is InChI=1S/C27H35N3O2S/c1-26(2,3)29-25(33)28-21-11-12-27(20-9-10-22-23(15-20)32-18-31-22)13-14-30(24(27)16-21)17-19-7-5-4-6-8-19/h4-10,15,21,24H,11-14,16-18H2,1-3H3,(H2,28,29,33)/t21-,24+,27-/m0/s1. The van der Waals surface area contributed by atoms with Crippen LogP contribution in [0.25, 0.3) is 0 Å². The zero-order valence-electron chi connectivity index (χ0n) is 19.9. The summed E-state index contributed by atoms with van der Waals surface area (Å²) in [6.45, 7) is 8.83. The lowest BCUT2D eigenvalue weighted by atomic mass is 9.65. The molecule has 2 fully saturated rings. The third kappa shape index (κ3) is 4.69. The smallest absolute Gasteiger partial charge is 0.231 e. The quantitative estimate of drug-likeness (QED) is 0.636. The fraction of sp³-hybridized carbons (Fsp3) is 0.519. The number of thiocarbonyl (C=S) groups is 1. The molecule has 1 aliphatic carbocycles. The van der Waals surface area contributed by atoms with Gasteiger partial charge in [0, 0.05) is 29.6 Å². The van der Waals surface area contributed by atoms with Gasteiger partial charge < -0.3 is 20.1 Å². The average molecular weight is 466 g/mol. The van der Waals surface area contributed by atoms with Gasteiger partial charge in [-0.3, -0.25) is 4.90 Å². The zero-order valence-corrected chi connectivity index (χ0v) is 20.7. The summed E-state index contributed by atoms with van der Waals surface area (Å²) in [6, 6.07) is 18.3. The molecule has 2 N–H and O–H groups in total. The molecule has 33 heavy (non-hydrogen) atoms. The number of rotatable bonds is 4. The van der Waals surface area contributed by atoms with Crippen LogP contribution in [0, 0.1) is 0 Å². The summed E-state index contributed by atoms with van der Waals surface area (Å²) in [7, 11) is 0. The first kappa shape index (κ1) is 22.5. The summed E-state index contributed by atoms with van der Waals surface area (Å²) in [6.07, 6.45) is 4.49. The molecule has 0 unspecified atom stereocenters. The van der Waals surface area contributed by atoms with Gasteiger partial charge in [-0.1, -0.05) is 36.4 Å². The molecule has 2 aliphatic heterocycles. The molecule has 3 atom stereocenters. The number of nitrogens with zero attached hydrogens (tertiary/aromatic N) is 1. The van der Waals surface area contributed by atoms with Crippen molar-refractivity contribution in [3.63, 3.8) is 0 Å². The van der Waals surface area contributed by atoms with Crippen molar-refractivity contribution in [2.75, 3.05) is 13.3 Å². The van der Waals surface area contributed by atoms with E-state index in [0.29, 0.717) is 18.9 Å². The molecule has 2 heterocycles. The molecule has 5 rings (SSSR count). The van der Waals surface area contributed by atoms with Crippen LogP contribution in [0.15, 0.2) is 48.5 Å². The van der Waals surface area contributed by atoms with E-state index in [4.69, 9.17) is 21.7 Å². The Kier molecular flexibility index (Phi) is 6.00. The molecule has 0 spiro atoms. The zero-order chi connectivity index (χ0) is 23.1. The maximum Gasteiger partial charge on any atom is 0.231 e. The summed E-state index contributed by atoms with van der Waals surface area (Å²) in [5.74, 6) is 1.75. The highest BCUT2D eigenvalue weighted by Crippen LogP contribution is 2.51. The van der Waals surface area contributed by atoms with Gasteiger partial charge in [0.05, 0.1) is 0 Å². The summed E-state index contributed by atoms with van der Waals surface area (Å²) in [5, 5.41) is 7.81. The van der Waals surface area contributed by atoms with Crippen molar-refractivity contribution in [1.29, 1.82) is 0 Å². The summed E-state index contributed by atoms with van der Waals surface area (Å²) < 4.78 is 11.3. The molecule has 1 saturated carbocycles. The molecule has 0 radical (unpaired) electrons. The fourth-order valence-corrected chi connectivity index (χ4v) is 6.36. The van der Waals surface area contributed by atoms with E-state index < -0.39 is 0 Å². The van der Waals surface area contributed by atoms with Gasteiger partial charge in [0.1, 0.15) is 0 Å². The minimum absolute atomic E-state index is 0.0400. The Morgan fingerprint density at radius 3 is 2.67 bits per heavy atom. The van der Waals surface area contributed by atoms with Crippen molar-refractivity contribution >= 4 is 17.3 Å². The van der Waals surface area contributed by atoms with Crippen LogP contribution in [0.4, 0.5) is 0 Å². The Bertz CT molecular complexity index is 1010. The minimum Gasteiger partial charge on any atom is -0.454 e. The van der Waals surface area contributed by atoms with E-state index in [0.717, 1.165) is 49.0 Å². The molecule has 6 heteroatoms. The Morgan fingerprint density at radius 1 is 1.09 bits per heavy atom. The first-order valence-corrected chi connectivity index (χ1v) is 12.5. The van der Waals surface area contributed by atoms with Gasteiger partial charge in [-0.2, -0.15) is 0 Å². The average Bonchev–Trinajstić information content (AvgIpc) is 3.38. The van der Waals surface area contributed by atoms with Crippen LogP contribution in [0.2, 0.25) is 0 Å². The molecule has 0 bridgehead atoms. The van der Waals surface area contributed by atoms with Gasteiger partial charge in [-0.25, -0.2) is 0 Å². The number of hydrogen-bond acceptors (Lipinski definition) is 4. The number of ether oxygens (including phenoxy) is 2. The normalized spacial score (nSPS) is 26.6. The molecule has 3 aliphatic rings. The molecule has 2 aromatic carbocycles. The van der Waals surface area contributed by atoms with Crippen molar-refractivity contribution in [2.24, 2.45) is 0 Å². The highest BCUT2D eigenvalue weighted by molar-refractivity contribution is 7.80. The van der Waals surface area contributed by atoms with E-state index in [1.54, 1.807) is 0 Å². The molecule has 0 aromatic heterocycles. The van der Waals surface area contributed by atoms with Crippen molar-refractivity contribution in [2.45, 2.75) is 76.0 Å². The second-order valence-electron chi connectivity index (χ2n) is 10.8. The van der Waals surface area contributed by atoms with Gasteiger partial charge in [0.2, 0.25) is 6.79 Å². The van der Waals surface area contributed by atoms with Crippen LogP contribution < -0.4 is 20.1 Å². The number of fused-ring (bicyclic) bond motifs is 2. The molecule has 2 aromatic rings. The number of benzene rings is 2. The predicted molar refractivity (Wildman–Crippen MR) is 136 cm³/mol. The fourth-order valence-electron chi connectivity index (χ4n) is 5.89. The van der Waals surface area contributed by atoms with Crippen molar-refractivity contribution in [3.8, 4) is 11.5 Å². The van der Waals surface area contributed by atoms with Crippen LogP contribution in [-0.2, 0) is 12.0 Å². The SMILES string of the molecule is CC(C)(C)NC(=S)N[C@H]1CC[C@@]2(c3ccc4c(c3)OCO4)CCN(Cc3ccccc3)[C@@H]2C1. The monoisotopic (exact) mass is 465 g/mol. The number of nitrogens with one attached hydrogen (secondary N) is 2. The first-order chi connectivity index (χ1) is 15.8. The molecule has 0 amide bonds. The Morgan fingerprint density at radius 2 is 1.88 bits per heavy atom. The van der Waals surface area contributed by atoms with Crippen LogP contribution in [-0.4, -0.2) is 41.0 Å². The maximum absolute atomic E-state index is 5.74. The van der Waals surface area contributed by atoms with Gasteiger partial charge in [-0.05, 0) is 88.5 Å². The second kappa shape index (κ2) is 8.80. The summed E-state index contributed by atoms with van der Waals surface area (Å²) in [5.41, 5.74) is 2.86. The van der Waals surface area contributed by atoms with Crippen molar-refractivity contribution < 1.29 is 9.47 Å². The topological polar surface area (TPSA) is 45.8 Å². The molecule has 1 saturated heterocycles. The van der Waals surface area contributed by atoms with E-state index in [9.17, 15) is 0 Å². The van der Waals surface area contributed by atoms with Crippen molar-refractivity contribution in [3.05, 3.63) is 59.7 Å². The van der Waals surface area contributed by atoms with Crippen LogP contribution >= 0.6 is 12.2 Å². The van der Waals surface area contributed by atoms with E-state index in [1.165, 1.54) is 17.5 Å². The highest BCUT2D eigenvalue weighted by Gasteiger charge is 2.51. The van der Waals surface area contributed by atoms with E-state index in [1.807, 2.05) is 0 Å². The lowest BCUT2D eigenvalue weighted by molar-refractivity contribution is 0.134.